The number of nitrogens with one attached hydrogen (secondary N) is 1. The van der Waals surface area contributed by atoms with Crippen LogP contribution in [0.1, 0.15) is 20.8 Å². The molecular formula is C9H15F2NO2. The number of halogens is 2. The first-order valence-corrected chi connectivity index (χ1v) is 4.53. The topological polar surface area (TPSA) is 38.3 Å². The fourth-order valence-corrected chi connectivity index (χ4v) is 1.22. The van der Waals surface area contributed by atoms with Crippen molar-refractivity contribution in [3.8, 4) is 0 Å². The van der Waals surface area contributed by atoms with Crippen molar-refractivity contribution in [2.45, 2.75) is 38.2 Å². The highest BCUT2D eigenvalue weighted by atomic mass is 19.2. The predicted octanol–water partition coefficient (Wildman–Crippen LogP) is 0.978. The third kappa shape index (κ3) is 2.20. The molecule has 0 bridgehead atoms. The lowest BCUT2D eigenvalue weighted by Gasteiger charge is -2.26. The van der Waals surface area contributed by atoms with Crippen LogP contribution in [-0.4, -0.2) is 36.5 Å². The number of rotatable bonds is 1. The lowest BCUT2D eigenvalue weighted by atomic mass is 10.0. The lowest BCUT2D eigenvalue weighted by Crippen LogP contribution is -2.46. The van der Waals surface area contributed by atoms with Gasteiger partial charge in [-0.05, 0) is 20.8 Å². The molecule has 1 N–H and O–H groups in total. The summed E-state index contributed by atoms with van der Waals surface area (Å²) in [6.07, 6.45) is -1.82. The van der Waals surface area contributed by atoms with Gasteiger partial charge in [0.25, 0.3) is 5.67 Å². The summed E-state index contributed by atoms with van der Waals surface area (Å²) in [4.78, 5) is 11.3. The van der Waals surface area contributed by atoms with Gasteiger partial charge in [-0.1, -0.05) is 0 Å². The van der Waals surface area contributed by atoms with Crippen molar-refractivity contribution in [2.24, 2.45) is 0 Å². The maximum absolute atomic E-state index is 13.7. The Bertz CT molecular complexity index is 239. The van der Waals surface area contributed by atoms with Crippen LogP contribution >= 0.6 is 0 Å². The molecular weight excluding hydrogens is 192 g/mol. The normalized spacial score (nSPS) is 33.1. The van der Waals surface area contributed by atoms with E-state index < -0.39 is 23.4 Å². The number of carbonyl (C=O) groups excluding carboxylic acids is 1. The van der Waals surface area contributed by atoms with E-state index in [-0.39, 0.29) is 13.1 Å². The van der Waals surface area contributed by atoms with Crippen molar-refractivity contribution in [2.75, 3.05) is 13.1 Å². The average molecular weight is 207 g/mol. The van der Waals surface area contributed by atoms with E-state index in [9.17, 15) is 13.6 Å². The Balaban J connectivity index is 2.68. The third-order valence-corrected chi connectivity index (χ3v) is 1.94. The average Bonchev–Trinajstić information content (AvgIpc) is 2.30. The van der Waals surface area contributed by atoms with E-state index in [0.717, 1.165) is 0 Å². The molecule has 0 aromatic heterocycles. The van der Waals surface area contributed by atoms with Gasteiger partial charge in [0.2, 0.25) is 0 Å². The Kier molecular flexibility index (Phi) is 2.81. The largest absolute Gasteiger partial charge is 0.457 e. The third-order valence-electron chi connectivity index (χ3n) is 1.94. The van der Waals surface area contributed by atoms with Crippen molar-refractivity contribution < 1.29 is 18.3 Å². The highest BCUT2D eigenvalue weighted by Crippen LogP contribution is 2.26. The van der Waals surface area contributed by atoms with Crippen LogP contribution in [-0.2, 0) is 9.53 Å². The van der Waals surface area contributed by atoms with Gasteiger partial charge in [0.1, 0.15) is 5.60 Å². The molecule has 5 heteroatoms. The lowest BCUT2D eigenvalue weighted by molar-refractivity contribution is -0.171. The number of alkyl halides is 2. The molecule has 1 aliphatic heterocycles. The molecule has 3 nitrogen and oxygen atoms in total. The Hall–Kier alpha value is -0.710. The Morgan fingerprint density at radius 2 is 2.14 bits per heavy atom. The molecule has 1 fully saturated rings. The first-order valence-electron chi connectivity index (χ1n) is 4.53. The van der Waals surface area contributed by atoms with Crippen LogP contribution in [0.15, 0.2) is 0 Å². The number of hydrogen-bond acceptors (Lipinski definition) is 3. The number of esters is 1. The molecule has 2 unspecified atom stereocenters. The highest BCUT2D eigenvalue weighted by Gasteiger charge is 2.53. The van der Waals surface area contributed by atoms with Crippen LogP contribution in [0.4, 0.5) is 8.78 Å². The first kappa shape index (κ1) is 11.4. The van der Waals surface area contributed by atoms with Crippen LogP contribution in [0, 0.1) is 0 Å². The zero-order valence-electron chi connectivity index (χ0n) is 8.56. The molecule has 0 radical (unpaired) electrons. The fraction of sp³-hybridized carbons (Fsp3) is 0.889. The SMILES string of the molecule is CC(C)(C)OC(=O)C1(F)CNCC1F. The van der Waals surface area contributed by atoms with Gasteiger partial charge in [-0.15, -0.1) is 0 Å². The number of hydrogen-bond donors (Lipinski definition) is 1. The minimum atomic E-state index is -2.52. The van der Waals surface area contributed by atoms with Gasteiger partial charge < -0.3 is 10.1 Å². The Morgan fingerprint density at radius 3 is 2.50 bits per heavy atom. The van der Waals surface area contributed by atoms with Crippen molar-refractivity contribution in [3.63, 3.8) is 0 Å². The molecule has 2 atom stereocenters. The van der Waals surface area contributed by atoms with Gasteiger partial charge in [0, 0.05) is 13.1 Å². The summed E-state index contributed by atoms with van der Waals surface area (Å²) in [5.41, 5.74) is -3.31. The predicted molar refractivity (Wildman–Crippen MR) is 47.4 cm³/mol. The van der Waals surface area contributed by atoms with Crippen LogP contribution in [0.5, 0.6) is 0 Å². The van der Waals surface area contributed by atoms with E-state index in [2.05, 4.69) is 5.32 Å². The summed E-state index contributed by atoms with van der Waals surface area (Å²) in [5.74, 6) is -1.12. The monoisotopic (exact) mass is 207 g/mol. The number of ether oxygens (including phenoxy) is 1. The second kappa shape index (κ2) is 3.46. The number of carbonyl (C=O) groups is 1. The van der Waals surface area contributed by atoms with Crippen molar-refractivity contribution in [1.82, 2.24) is 5.32 Å². The van der Waals surface area contributed by atoms with Gasteiger partial charge in [0.05, 0.1) is 0 Å². The Morgan fingerprint density at radius 1 is 1.57 bits per heavy atom. The smallest absolute Gasteiger partial charge is 0.348 e. The van der Waals surface area contributed by atoms with Crippen molar-refractivity contribution in [1.29, 1.82) is 0 Å². The molecule has 0 aromatic carbocycles. The minimum Gasteiger partial charge on any atom is -0.457 e. The van der Waals surface area contributed by atoms with Crippen molar-refractivity contribution in [3.05, 3.63) is 0 Å². The van der Waals surface area contributed by atoms with E-state index in [1.807, 2.05) is 0 Å². The molecule has 0 spiro atoms. The zero-order chi connectivity index (χ0) is 11.0. The summed E-state index contributed by atoms with van der Waals surface area (Å²) in [5, 5.41) is 2.48. The van der Waals surface area contributed by atoms with E-state index in [1.54, 1.807) is 20.8 Å². The molecule has 0 aliphatic carbocycles. The Labute approximate surface area is 81.8 Å². The van der Waals surface area contributed by atoms with E-state index in [1.165, 1.54) is 0 Å². The highest BCUT2D eigenvalue weighted by molar-refractivity contribution is 5.81. The van der Waals surface area contributed by atoms with Gasteiger partial charge in [-0.3, -0.25) is 0 Å². The van der Waals surface area contributed by atoms with E-state index in [0.29, 0.717) is 0 Å². The first-order chi connectivity index (χ1) is 6.26. The summed E-state index contributed by atoms with van der Waals surface area (Å²) >= 11 is 0. The summed E-state index contributed by atoms with van der Waals surface area (Å²) in [6.45, 7) is 4.39. The molecule has 1 saturated heterocycles. The summed E-state index contributed by atoms with van der Waals surface area (Å²) < 4.78 is 31.6. The van der Waals surface area contributed by atoms with Crippen LogP contribution in [0.2, 0.25) is 0 Å². The van der Waals surface area contributed by atoms with Gasteiger partial charge in [0.15, 0.2) is 6.17 Å². The summed E-state index contributed by atoms with van der Waals surface area (Å²) in [6, 6.07) is 0. The quantitative estimate of drug-likeness (QED) is 0.651. The molecule has 82 valence electrons. The molecule has 14 heavy (non-hydrogen) atoms. The molecule has 0 aromatic rings. The van der Waals surface area contributed by atoms with E-state index in [4.69, 9.17) is 4.74 Å². The van der Waals surface area contributed by atoms with Gasteiger partial charge in [-0.2, -0.15) is 0 Å². The minimum absolute atomic E-state index is 0.143. The van der Waals surface area contributed by atoms with E-state index >= 15 is 0 Å². The maximum Gasteiger partial charge on any atom is 0.348 e. The van der Waals surface area contributed by atoms with Gasteiger partial charge >= 0.3 is 5.97 Å². The van der Waals surface area contributed by atoms with Crippen LogP contribution < -0.4 is 5.32 Å². The van der Waals surface area contributed by atoms with Crippen LogP contribution in [0.3, 0.4) is 0 Å². The molecule has 1 heterocycles. The fourth-order valence-electron chi connectivity index (χ4n) is 1.22. The second-order valence-corrected chi connectivity index (χ2v) is 4.46. The zero-order valence-corrected chi connectivity index (χ0v) is 8.56. The second-order valence-electron chi connectivity index (χ2n) is 4.46. The standard InChI is InChI=1S/C9H15F2NO2/c1-8(2,3)14-7(13)9(11)5-12-4-6(9)10/h6,12H,4-5H2,1-3H3. The molecule has 1 rings (SSSR count). The summed E-state index contributed by atoms with van der Waals surface area (Å²) in [7, 11) is 0. The molecule has 0 saturated carbocycles. The molecule has 0 amide bonds. The van der Waals surface area contributed by atoms with Crippen molar-refractivity contribution >= 4 is 5.97 Å². The maximum atomic E-state index is 13.7. The van der Waals surface area contributed by atoms with Crippen LogP contribution in [0.25, 0.3) is 0 Å². The van der Waals surface area contributed by atoms with Gasteiger partial charge in [-0.25, -0.2) is 13.6 Å². The molecule has 1 aliphatic rings.